The predicted octanol–water partition coefficient (Wildman–Crippen LogP) is 0.891. The highest BCUT2D eigenvalue weighted by atomic mass is 16.1. The maximum atomic E-state index is 11.5. The van der Waals surface area contributed by atoms with E-state index in [0.29, 0.717) is 12.5 Å². The van der Waals surface area contributed by atoms with E-state index in [2.05, 4.69) is 16.3 Å². The van der Waals surface area contributed by atoms with Crippen LogP contribution < -0.4 is 5.32 Å². The number of hydrogen-bond donors (Lipinski definition) is 1. The number of likely N-dealkylation sites (tertiary alicyclic amines) is 1. The molecule has 1 heterocycles. The zero-order chi connectivity index (χ0) is 11.4. The fourth-order valence-corrected chi connectivity index (χ4v) is 2.07. The molecule has 2 aliphatic rings. The Morgan fingerprint density at radius 3 is 2.56 bits per heavy atom. The molecule has 0 spiro atoms. The van der Waals surface area contributed by atoms with Gasteiger partial charge in [-0.3, -0.25) is 4.79 Å². The standard InChI is InChI=1S/C12H19N3O/c13-9-10-3-6-15(7-4-10)8-5-12(16)14-11-1-2-11/h10-11H,1-8H2,(H,14,16). The van der Waals surface area contributed by atoms with Gasteiger partial charge in [-0.25, -0.2) is 0 Å². The molecule has 16 heavy (non-hydrogen) atoms. The van der Waals surface area contributed by atoms with Crippen LogP contribution in [0.15, 0.2) is 0 Å². The maximum absolute atomic E-state index is 11.5. The molecule has 1 aliphatic carbocycles. The van der Waals surface area contributed by atoms with Crippen LogP contribution in [0.2, 0.25) is 0 Å². The van der Waals surface area contributed by atoms with E-state index in [-0.39, 0.29) is 11.8 Å². The van der Waals surface area contributed by atoms with Crippen molar-refractivity contribution in [3.63, 3.8) is 0 Å². The van der Waals surface area contributed by atoms with Crippen LogP contribution in [-0.2, 0) is 4.79 Å². The average molecular weight is 221 g/mol. The fourth-order valence-electron chi connectivity index (χ4n) is 2.07. The molecule has 0 aromatic rings. The van der Waals surface area contributed by atoms with Crippen LogP contribution in [-0.4, -0.2) is 36.5 Å². The van der Waals surface area contributed by atoms with Crippen molar-refractivity contribution >= 4 is 5.91 Å². The van der Waals surface area contributed by atoms with E-state index in [4.69, 9.17) is 5.26 Å². The molecule has 1 aliphatic heterocycles. The molecular formula is C12H19N3O. The van der Waals surface area contributed by atoms with Crippen molar-refractivity contribution in [2.75, 3.05) is 19.6 Å². The monoisotopic (exact) mass is 221 g/mol. The normalized spacial score (nSPS) is 22.7. The third kappa shape index (κ3) is 3.49. The summed E-state index contributed by atoms with van der Waals surface area (Å²) in [5, 5.41) is 11.8. The van der Waals surface area contributed by atoms with Crippen molar-refractivity contribution in [2.24, 2.45) is 5.92 Å². The minimum absolute atomic E-state index is 0.185. The van der Waals surface area contributed by atoms with Gasteiger partial charge in [-0.1, -0.05) is 0 Å². The molecule has 0 atom stereocenters. The van der Waals surface area contributed by atoms with Gasteiger partial charge in [-0.2, -0.15) is 5.26 Å². The van der Waals surface area contributed by atoms with Crippen LogP contribution in [0.4, 0.5) is 0 Å². The van der Waals surface area contributed by atoms with Gasteiger partial charge in [0.25, 0.3) is 0 Å². The summed E-state index contributed by atoms with van der Waals surface area (Å²) in [6.45, 7) is 2.78. The second kappa shape index (κ2) is 5.31. The number of carbonyl (C=O) groups is 1. The molecule has 1 saturated carbocycles. The molecule has 0 unspecified atom stereocenters. The van der Waals surface area contributed by atoms with E-state index in [9.17, 15) is 4.79 Å². The highest BCUT2D eigenvalue weighted by Gasteiger charge is 2.24. The summed E-state index contributed by atoms with van der Waals surface area (Å²) in [4.78, 5) is 13.8. The first-order chi connectivity index (χ1) is 7.78. The zero-order valence-corrected chi connectivity index (χ0v) is 9.61. The first-order valence-corrected chi connectivity index (χ1v) is 6.19. The van der Waals surface area contributed by atoms with Gasteiger partial charge in [0.1, 0.15) is 0 Å². The Morgan fingerprint density at radius 2 is 2.00 bits per heavy atom. The molecule has 2 rings (SSSR count). The lowest BCUT2D eigenvalue weighted by molar-refractivity contribution is -0.121. The van der Waals surface area contributed by atoms with Crippen molar-refractivity contribution in [3.8, 4) is 6.07 Å². The number of piperidine rings is 1. The second-order valence-corrected chi connectivity index (χ2v) is 4.84. The van der Waals surface area contributed by atoms with E-state index in [1.165, 1.54) is 0 Å². The number of rotatable bonds is 4. The Balaban J connectivity index is 1.59. The van der Waals surface area contributed by atoms with Crippen molar-refractivity contribution in [1.82, 2.24) is 10.2 Å². The van der Waals surface area contributed by atoms with Crippen LogP contribution in [0.3, 0.4) is 0 Å². The quantitative estimate of drug-likeness (QED) is 0.767. The molecular weight excluding hydrogens is 202 g/mol. The highest BCUT2D eigenvalue weighted by molar-refractivity contribution is 5.76. The molecule has 1 N–H and O–H groups in total. The van der Waals surface area contributed by atoms with Crippen LogP contribution in [0.25, 0.3) is 0 Å². The predicted molar refractivity (Wildman–Crippen MR) is 60.6 cm³/mol. The highest BCUT2D eigenvalue weighted by Crippen LogP contribution is 2.19. The van der Waals surface area contributed by atoms with E-state index < -0.39 is 0 Å². The number of nitrogens with one attached hydrogen (secondary N) is 1. The Kier molecular flexibility index (Phi) is 3.79. The molecule has 0 aromatic carbocycles. The molecule has 0 radical (unpaired) electrons. The van der Waals surface area contributed by atoms with Gasteiger partial charge in [0.05, 0.1) is 6.07 Å². The minimum Gasteiger partial charge on any atom is -0.353 e. The molecule has 1 amide bonds. The first kappa shape index (κ1) is 11.4. The Hall–Kier alpha value is -1.08. The first-order valence-electron chi connectivity index (χ1n) is 6.19. The van der Waals surface area contributed by atoms with Crippen molar-refractivity contribution in [1.29, 1.82) is 5.26 Å². The van der Waals surface area contributed by atoms with Gasteiger partial charge in [-0.15, -0.1) is 0 Å². The topological polar surface area (TPSA) is 56.1 Å². The van der Waals surface area contributed by atoms with Gasteiger partial charge in [0.15, 0.2) is 0 Å². The summed E-state index contributed by atoms with van der Waals surface area (Å²) in [7, 11) is 0. The largest absolute Gasteiger partial charge is 0.353 e. The summed E-state index contributed by atoms with van der Waals surface area (Å²) in [5.41, 5.74) is 0. The van der Waals surface area contributed by atoms with Gasteiger partial charge < -0.3 is 10.2 Å². The SMILES string of the molecule is N#CC1CCN(CCC(=O)NC2CC2)CC1. The lowest BCUT2D eigenvalue weighted by Crippen LogP contribution is -2.36. The van der Waals surface area contributed by atoms with Crippen molar-refractivity contribution < 1.29 is 4.79 Å². The van der Waals surface area contributed by atoms with Crippen molar-refractivity contribution in [3.05, 3.63) is 0 Å². The molecule has 0 aromatic heterocycles. The third-order valence-corrected chi connectivity index (χ3v) is 3.37. The van der Waals surface area contributed by atoms with E-state index in [1.54, 1.807) is 0 Å². The van der Waals surface area contributed by atoms with Crippen LogP contribution >= 0.6 is 0 Å². The molecule has 4 nitrogen and oxygen atoms in total. The minimum atomic E-state index is 0.185. The number of hydrogen-bond acceptors (Lipinski definition) is 3. The Bertz CT molecular complexity index is 285. The third-order valence-electron chi connectivity index (χ3n) is 3.37. The smallest absolute Gasteiger partial charge is 0.221 e. The van der Waals surface area contributed by atoms with E-state index in [1.807, 2.05) is 0 Å². The molecule has 1 saturated heterocycles. The summed E-state index contributed by atoms with van der Waals surface area (Å²) >= 11 is 0. The molecule has 2 fully saturated rings. The summed E-state index contributed by atoms with van der Waals surface area (Å²) in [6, 6.07) is 2.79. The molecule has 88 valence electrons. The molecule has 4 heteroatoms. The summed E-state index contributed by atoms with van der Waals surface area (Å²) < 4.78 is 0. The lowest BCUT2D eigenvalue weighted by Gasteiger charge is -2.28. The summed E-state index contributed by atoms with van der Waals surface area (Å²) in [5.74, 6) is 0.418. The zero-order valence-electron chi connectivity index (χ0n) is 9.61. The van der Waals surface area contributed by atoms with Crippen LogP contribution in [0, 0.1) is 17.2 Å². The Labute approximate surface area is 96.6 Å². The average Bonchev–Trinajstić information content (AvgIpc) is 3.11. The van der Waals surface area contributed by atoms with Crippen LogP contribution in [0.1, 0.15) is 32.1 Å². The van der Waals surface area contributed by atoms with Crippen LogP contribution in [0.5, 0.6) is 0 Å². The number of amides is 1. The molecule has 0 bridgehead atoms. The number of nitrogens with zero attached hydrogens (tertiary/aromatic N) is 2. The fraction of sp³-hybridized carbons (Fsp3) is 0.833. The van der Waals surface area contributed by atoms with Gasteiger partial charge in [-0.05, 0) is 38.8 Å². The van der Waals surface area contributed by atoms with Gasteiger partial charge in [0.2, 0.25) is 5.91 Å². The lowest BCUT2D eigenvalue weighted by atomic mass is 9.98. The van der Waals surface area contributed by atoms with Gasteiger partial charge in [0, 0.05) is 24.9 Å². The summed E-state index contributed by atoms with van der Waals surface area (Å²) in [6.07, 6.45) is 4.83. The second-order valence-electron chi connectivity index (χ2n) is 4.84. The Morgan fingerprint density at radius 1 is 1.31 bits per heavy atom. The number of nitriles is 1. The van der Waals surface area contributed by atoms with Crippen molar-refractivity contribution in [2.45, 2.75) is 38.1 Å². The maximum Gasteiger partial charge on any atom is 0.221 e. The van der Waals surface area contributed by atoms with Gasteiger partial charge >= 0.3 is 0 Å². The number of carbonyl (C=O) groups excluding carboxylic acids is 1. The van der Waals surface area contributed by atoms with E-state index in [0.717, 1.165) is 45.3 Å². The van der Waals surface area contributed by atoms with E-state index >= 15 is 0 Å².